The van der Waals surface area contributed by atoms with Gasteiger partial charge in [0.15, 0.2) is 0 Å². The molecule has 0 aromatic heterocycles. The van der Waals surface area contributed by atoms with Crippen LogP contribution in [0.5, 0.6) is 0 Å². The Labute approximate surface area is 118 Å². The number of nitrogens with zero attached hydrogens (tertiary/aromatic N) is 1. The second-order valence-corrected chi connectivity index (χ2v) is 6.21. The fraction of sp³-hybridized carbons (Fsp3) is 0.625. The van der Waals surface area contributed by atoms with Crippen LogP contribution in [0.25, 0.3) is 0 Å². The molecule has 1 aromatic rings. The Hall–Kier alpha value is -0.900. The van der Waals surface area contributed by atoms with Crippen LogP contribution < -0.4 is 5.32 Å². The van der Waals surface area contributed by atoms with Crippen molar-refractivity contribution in [2.24, 2.45) is 5.41 Å². The lowest BCUT2D eigenvalue weighted by Gasteiger charge is -2.28. The van der Waals surface area contributed by atoms with Crippen molar-refractivity contribution < 1.29 is 4.74 Å². The van der Waals surface area contributed by atoms with Gasteiger partial charge in [0.2, 0.25) is 0 Å². The summed E-state index contributed by atoms with van der Waals surface area (Å²) in [5.41, 5.74) is 2.87. The number of benzene rings is 1. The predicted octanol–water partition coefficient (Wildman–Crippen LogP) is 2.51. The van der Waals surface area contributed by atoms with Crippen LogP contribution in [0.15, 0.2) is 24.3 Å². The number of methoxy groups -OCH3 is 1. The van der Waals surface area contributed by atoms with Gasteiger partial charge in [0.05, 0.1) is 6.61 Å². The summed E-state index contributed by atoms with van der Waals surface area (Å²) < 4.78 is 5.23. The highest BCUT2D eigenvalue weighted by Crippen LogP contribution is 2.15. The van der Waals surface area contributed by atoms with E-state index in [4.69, 9.17) is 4.74 Å². The molecule has 0 bridgehead atoms. The summed E-state index contributed by atoms with van der Waals surface area (Å²) in [6, 6.07) is 8.45. The van der Waals surface area contributed by atoms with Crippen molar-refractivity contribution in [1.82, 2.24) is 10.2 Å². The molecule has 0 aliphatic rings. The van der Waals surface area contributed by atoms with Gasteiger partial charge in [-0.05, 0) is 30.6 Å². The molecule has 0 amide bonds. The third-order valence-corrected chi connectivity index (χ3v) is 3.08. The van der Waals surface area contributed by atoms with Crippen molar-refractivity contribution in [2.75, 3.05) is 34.3 Å². The first kappa shape index (κ1) is 16.2. The Bertz CT molecular complexity index is 375. The molecule has 108 valence electrons. The quantitative estimate of drug-likeness (QED) is 0.781. The van der Waals surface area contributed by atoms with E-state index >= 15 is 0 Å². The molecular formula is C16H28N2O. The smallest absolute Gasteiger partial charge is 0.0716 e. The third kappa shape index (κ3) is 6.19. The molecule has 0 radical (unpaired) electrons. The lowest BCUT2D eigenvalue weighted by molar-refractivity contribution is 0.183. The fourth-order valence-corrected chi connectivity index (χ4v) is 2.47. The van der Waals surface area contributed by atoms with Gasteiger partial charge < -0.3 is 15.0 Å². The standard InChI is InChI=1S/C16H28N2O/c1-16(2,13-18(3)4)12-17-10-14-8-6-7-9-15(14)11-19-5/h6-9,17H,10-13H2,1-5H3. The van der Waals surface area contributed by atoms with Crippen molar-refractivity contribution >= 4 is 0 Å². The molecule has 3 nitrogen and oxygen atoms in total. The number of hydrogen-bond acceptors (Lipinski definition) is 3. The van der Waals surface area contributed by atoms with Crippen LogP contribution in [0.1, 0.15) is 25.0 Å². The second-order valence-electron chi connectivity index (χ2n) is 6.21. The maximum absolute atomic E-state index is 5.23. The average molecular weight is 264 g/mol. The zero-order valence-corrected chi connectivity index (χ0v) is 13.0. The summed E-state index contributed by atoms with van der Waals surface area (Å²) in [5, 5.41) is 3.56. The van der Waals surface area contributed by atoms with E-state index in [1.807, 2.05) is 0 Å². The molecule has 1 rings (SSSR count). The molecule has 0 aliphatic heterocycles. The lowest BCUT2D eigenvalue weighted by atomic mass is 9.93. The van der Waals surface area contributed by atoms with E-state index in [0.717, 1.165) is 19.6 Å². The Morgan fingerprint density at radius 3 is 2.37 bits per heavy atom. The Kier molecular flexibility index (Phi) is 6.49. The van der Waals surface area contributed by atoms with Gasteiger partial charge in [-0.1, -0.05) is 38.1 Å². The van der Waals surface area contributed by atoms with Crippen LogP contribution >= 0.6 is 0 Å². The van der Waals surface area contributed by atoms with Gasteiger partial charge in [-0.15, -0.1) is 0 Å². The predicted molar refractivity (Wildman–Crippen MR) is 81.2 cm³/mol. The number of ether oxygens (including phenoxy) is 1. The summed E-state index contributed by atoms with van der Waals surface area (Å²) in [6.45, 7) is 8.25. The van der Waals surface area contributed by atoms with Crippen LogP contribution in [0.3, 0.4) is 0 Å². The highest BCUT2D eigenvalue weighted by Gasteiger charge is 2.18. The molecule has 0 aliphatic carbocycles. The Morgan fingerprint density at radius 1 is 1.16 bits per heavy atom. The highest BCUT2D eigenvalue weighted by atomic mass is 16.5. The molecule has 0 fully saturated rings. The molecule has 3 heteroatoms. The molecule has 19 heavy (non-hydrogen) atoms. The van der Waals surface area contributed by atoms with Gasteiger partial charge in [-0.25, -0.2) is 0 Å². The fourth-order valence-electron chi connectivity index (χ4n) is 2.47. The first-order valence-corrected chi connectivity index (χ1v) is 6.86. The van der Waals surface area contributed by atoms with Crippen molar-refractivity contribution in [2.45, 2.75) is 27.0 Å². The van der Waals surface area contributed by atoms with Crippen LogP contribution in [0, 0.1) is 5.41 Å². The van der Waals surface area contributed by atoms with Gasteiger partial charge in [0, 0.05) is 26.7 Å². The van der Waals surface area contributed by atoms with Crippen LogP contribution in [0.2, 0.25) is 0 Å². The summed E-state index contributed by atoms with van der Waals surface area (Å²) >= 11 is 0. The maximum atomic E-state index is 5.23. The summed E-state index contributed by atoms with van der Waals surface area (Å²) in [7, 11) is 5.98. The Morgan fingerprint density at radius 2 is 1.79 bits per heavy atom. The minimum atomic E-state index is 0.277. The molecule has 1 aromatic carbocycles. The van der Waals surface area contributed by atoms with Gasteiger partial charge >= 0.3 is 0 Å². The number of rotatable bonds is 8. The number of hydrogen-bond donors (Lipinski definition) is 1. The highest BCUT2D eigenvalue weighted by molar-refractivity contribution is 5.26. The van der Waals surface area contributed by atoms with E-state index < -0.39 is 0 Å². The molecule has 0 spiro atoms. The van der Waals surface area contributed by atoms with Crippen LogP contribution in [-0.4, -0.2) is 39.2 Å². The maximum Gasteiger partial charge on any atom is 0.0716 e. The molecule has 0 saturated heterocycles. The molecular weight excluding hydrogens is 236 g/mol. The molecule has 1 N–H and O–H groups in total. The SMILES string of the molecule is COCc1ccccc1CNCC(C)(C)CN(C)C. The second kappa shape index (κ2) is 7.63. The number of nitrogens with one attached hydrogen (secondary N) is 1. The monoisotopic (exact) mass is 264 g/mol. The van der Waals surface area contributed by atoms with Gasteiger partial charge in [0.25, 0.3) is 0 Å². The van der Waals surface area contributed by atoms with E-state index in [2.05, 4.69) is 62.4 Å². The Balaban J connectivity index is 2.49. The molecule has 0 saturated carbocycles. The van der Waals surface area contributed by atoms with Crippen molar-refractivity contribution in [1.29, 1.82) is 0 Å². The van der Waals surface area contributed by atoms with Gasteiger partial charge in [-0.2, -0.15) is 0 Å². The van der Waals surface area contributed by atoms with Crippen LogP contribution in [0.4, 0.5) is 0 Å². The van der Waals surface area contributed by atoms with E-state index in [9.17, 15) is 0 Å². The van der Waals surface area contributed by atoms with Crippen molar-refractivity contribution in [3.8, 4) is 0 Å². The van der Waals surface area contributed by atoms with E-state index in [1.54, 1.807) is 7.11 Å². The first-order valence-electron chi connectivity index (χ1n) is 6.86. The van der Waals surface area contributed by atoms with Crippen molar-refractivity contribution in [3.63, 3.8) is 0 Å². The van der Waals surface area contributed by atoms with E-state index in [1.165, 1.54) is 11.1 Å². The molecule has 0 atom stereocenters. The van der Waals surface area contributed by atoms with E-state index in [-0.39, 0.29) is 5.41 Å². The minimum absolute atomic E-state index is 0.277. The summed E-state index contributed by atoms with van der Waals surface area (Å²) in [4.78, 5) is 2.24. The third-order valence-electron chi connectivity index (χ3n) is 3.08. The summed E-state index contributed by atoms with van der Waals surface area (Å²) in [6.07, 6.45) is 0. The zero-order chi connectivity index (χ0) is 14.3. The van der Waals surface area contributed by atoms with Gasteiger partial charge in [0.1, 0.15) is 0 Å². The normalized spacial score (nSPS) is 12.1. The lowest BCUT2D eigenvalue weighted by Crippen LogP contribution is -2.37. The molecule has 0 heterocycles. The van der Waals surface area contributed by atoms with Crippen LogP contribution in [-0.2, 0) is 17.9 Å². The topological polar surface area (TPSA) is 24.5 Å². The summed E-state index contributed by atoms with van der Waals surface area (Å²) in [5.74, 6) is 0. The average Bonchev–Trinajstić information content (AvgIpc) is 2.29. The minimum Gasteiger partial charge on any atom is -0.380 e. The first-order chi connectivity index (χ1) is 8.94. The zero-order valence-electron chi connectivity index (χ0n) is 13.0. The van der Waals surface area contributed by atoms with Gasteiger partial charge in [-0.3, -0.25) is 0 Å². The largest absolute Gasteiger partial charge is 0.380 e. The van der Waals surface area contributed by atoms with E-state index in [0.29, 0.717) is 6.61 Å². The van der Waals surface area contributed by atoms with Crippen molar-refractivity contribution in [3.05, 3.63) is 35.4 Å². The molecule has 0 unspecified atom stereocenters.